The molecule has 120 valence electrons. The Balaban J connectivity index is 1.68. The first-order valence-corrected chi connectivity index (χ1v) is 7.24. The summed E-state index contributed by atoms with van der Waals surface area (Å²) in [5.41, 5.74) is 3.56. The lowest BCUT2D eigenvalue weighted by atomic mass is 10.2. The van der Waals surface area contributed by atoms with Gasteiger partial charge < -0.3 is 0 Å². The minimum absolute atomic E-state index is 0.260. The van der Waals surface area contributed by atoms with Crippen LogP contribution in [0, 0.1) is 0 Å². The van der Waals surface area contributed by atoms with Crippen LogP contribution in [0.2, 0.25) is 0 Å². The zero-order valence-corrected chi connectivity index (χ0v) is 12.6. The maximum absolute atomic E-state index is 12.2. The van der Waals surface area contributed by atoms with E-state index in [4.69, 9.17) is 0 Å². The molecule has 1 fully saturated rings. The molecule has 2 aromatic rings. The average molecular weight is 322 g/mol. The quantitative estimate of drug-likeness (QED) is 0.686. The number of carbonyl (C=O) groups is 3. The number of imide groups is 1. The highest BCUT2D eigenvalue weighted by Crippen LogP contribution is 2.10. The molecule has 0 saturated carbocycles. The molecule has 1 heterocycles. The summed E-state index contributed by atoms with van der Waals surface area (Å²) < 4.78 is 0. The van der Waals surface area contributed by atoms with Crippen molar-refractivity contribution in [3.8, 4) is 0 Å². The van der Waals surface area contributed by atoms with Gasteiger partial charge in [0.05, 0.1) is 6.21 Å². The SMILES string of the molecule is O=C(NN1CC(=O)N(/N=C/c2ccccc2)C1=O)c1ccccc1. The molecule has 1 aliphatic heterocycles. The van der Waals surface area contributed by atoms with E-state index >= 15 is 0 Å². The molecule has 0 radical (unpaired) electrons. The number of hydrogen-bond donors (Lipinski definition) is 1. The second-order valence-corrected chi connectivity index (χ2v) is 5.04. The number of hydrazine groups is 1. The fraction of sp³-hybridized carbons (Fsp3) is 0.0588. The Morgan fingerprint density at radius 3 is 2.29 bits per heavy atom. The van der Waals surface area contributed by atoms with Gasteiger partial charge in [0.15, 0.2) is 0 Å². The third-order valence-corrected chi connectivity index (χ3v) is 3.34. The number of urea groups is 1. The number of nitrogens with zero attached hydrogens (tertiary/aromatic N) is 3. The number of rotatable bonds is 4. The van der Waals surface area contributed by atoms with E-state index in [2.05, 4.69) is 10.5 Å². The van der Waals surface area contributed by atoms with E-state index < -0.39 is 17.8 Å². The van der Waals surface area contributed by atoms with Crippen LogP contribution < -0.4 is 5.43 Å². The zero-order valence-electron chi connectivity index (χ0n) is 12.6. The molecular formula is C17H14N4O3. The van der Waals surface area contributed by atoms with Gasteiger partial charge in [0.1, 0.15) is 6.54 Å². The van der Waals surface area contributed by atoms with E-state index in [1.807, 2.05) is 18.2 Å². The van der Waals surface area contributed by atoms with Crippen molar-refractivity contribution in [1.82, 2.24) is 15.4 Å². The number of carbonyl (C=O) groups excluding carboxylic acids is 3. The van der Waals surface area contributed by atoms with E-state index in [-0.39, 0.29) is 6.54 Å². The van der Waals surface area contributed by atoms with Crippen molar-refractivity contribution >= 4 is 24.1 Å². The summed E-state index contributed by atoms with van der Waals surface area (Å²) in [5.74, 6) is -0.980. The van der Waals surface area contributed by atoms with Gasteiger partial charge >= 0.3 is 6.03 Å². The molecule has 7 heteroatoms. The minimum Gasteiger partial charge on any atom is -0.270 e. The molecule has 0 unspecified atom stereocenters. The molecule has 0 aromatic heterocycles. The van der Waals surface area contributed by atoms with Gasteiger partial charge in [-0.2, -0.15) is 5.10 Å². The Bertz CT molecular complexity index is 790. The molecule has 24 heavy (non-hydrogen) atoms. The fourth-order valence-corrected chi connectivity index (χ4v) is 2.13. The lowest BCUT2D eigenvalue weighted by Gasteiger charge is -2.15. The van der Waals surface area contributed by atoms with Gasteiger partial charge in [0.25, 0.3) is 11.8 Å². The summed E-state index contributed by atoms with van der Waals surface area (Å²) in [4.78, 5) is 36.2. The molecule has 4 amide bonds. The second-order valence-electron chi connectivity index (χ2n) is 5.04. The molecule has 3 rings (SSSR count). The highest BCUT2D eigenvalue weighted by Gasteiger charge is 2.37. The molecule has 1 aliphatic rings. The second kappa shape index (κ2) is 6.74. The van der Waals surface area contributed by atoms with E-state index in [1.165, 1.54) is 6.21 Å². The van der Waals surface area contributed by atoms with E-state index in [9.17, 15) is 14.4 Å². The number of benzene rings is 2. The molecule has 0 spiro atoms. The lowest BCUT2D eigenvalue weighted by molar-refractivity contribution is -0.125. The maximum atomic E-state index is 12.2. The molecule has 0 atom stereocenters. The maximum Gasteiger partial charge on any atom is 0.367 e. The first kappa shape index (κ1) is 15.4. The zero-order chi connectivity index (χ0) is 16.9. The van der Waals surface area contributed by atoms with Crippen LogP contribution in [0.4, 0.5) is 4.79 Å². The lowest BCUT2D eigenvalue weighted by Crippen LogP contribution is -2.44. The predicted molar refractivity (Wildman–Crippen MR) is 86.9 cm³/mol. The topological polar surface area (TPSA) is 82.1 Å². The monoisotopic (exact) mass is 322 g/mol. The van der Waals surface area contributed by atoms with Crippen molar-refractivity contribution in [3.05, 3.63) is 71.8 Å². The van der Waals surface area contributed by atoms with Crippen LogP contribution in [0.5, 0.6) is 0 Å². The van der Waals surface area contributed by atoms with Crippen LogP contribution in [0.3, 0.4) is 0 Å². The van der Waals surface area contributed by atoms with Crippen molar-refractivity contribution in [3.63, 3.8) is 0 Å². The summed E-state index contributed by atoms with van der Waals surface area (Å²) in [6.45, 7) is -0.260. The first-order chi connectivity index (χ1) is 11.6. The van der Waals surface area contributed by atoms with Crippen molar-refractivity contribution in [2.24, 2.45) is 5.10 Å². The van der Waals surface area contributed by atoms with Gasteiger partial charge in [-0.15, -0.1) is 5.01 Å². The highest BCUT2D eigenvalue weighted by molar-refractivity contribution is 6.04. The van der Waals surface area contributed by atoms with Crippen LogP contribution >= 0.6 is 0 Å². The van der Waals surface area contributed by atoms with E-state index in [0.29, 0.717) is 5.56 Å². The van der Waals surface area contributed by atoms with Crippen LogP contribution in [-0.2, 0) is 4.79 Å². The van der Waals surface area contributed by atoms with Gasteiger partial charge in [0.2, 0.25) is 0 Å². The number of hydrazone groups is 1. The molecule has 1 N–H and O–H groups in total. The number of amides is 4. The van der Waals surface area contributed by atoms with Gasteiger partial charge in [-0.3, -0.25) is 15.0 Å². The van der Waals surface area contributed by atoms with E-state index in [1.54, 1.807) is 42.5 Å². The Labute approximate surface area is 138 Å². The van der Waals surface area contributed by atoms with Gasteiger partial charge in [-0.25, -0.2) is 9.80 Å². The third-order valence-electron chi connectivity index (χ3n) is 3.34. The Morgan fingerprint density at radius 1 is 1.00 bits per heavy atom. The minimum atomic E-state index is -0.698. The smallest absolute Gasteiger partial charge is 0.270 e. The Kier molecular flexibility index (Phi) is 4.33. The predicted octanol–water partition coefficient (Wildman–Crippen LogP) is 1.63. The largest absolute Gasteiger partial charge is 0.367 e. The normalized spacial score (nSPS) is 14.5. The molecule has 1 saturated heterocycles. The Morgan fingerprint density at radius 2 is 1.62 bits per heavy atom. The summed E-state index contributed by atoms with van der Waals surface area (Å²) in [5, 5.41) is 5.58. The van der Waals surface area contributed by atoms with Crippen LogP contribution in [-0.4, -0.2) is 40.6 Å². The van der Waals surface area contributed by atoms with Crippen LogP contribution in [0.1, 0.15) is 15.9 Å². The Hall–Kier alpha value is -3.48. The van der Waals surface area contributed by atoms with Crippen molar-refractivity contribution in [1.29, 1.82) is 0 Å². The summed E-state index contributed by atoms with van der Waals surface area (Å²) in [7, 11) is 0. The van der Waals surface area contributed by atoms with Gasteiger partial charge in [0, 0.05) is 5.56 Å². The van der Waals surface area contributed by atoms with Crippen molar-refractivity contribution in [2.75, 3.05) is 6.54 Å². The molecule has 0 aliphatic carbocycles. The van der Waals surface area contributed by atoms with Crippen molar-refractivity contribution in [2.45, 2.75) is 0 Å². The fourth-order valence-electron chi connectivity index (χ4n) is 2.13. The number of nitrogens with one attached hydrogen (secondary N) is 1. The molecular weight excluding hydrogens is 308 g/mol. The number of hydrogen-bond acceptors (Lipinski definition) is 4. The highest BCUT2D eigenvalue weighted by atomic mass is 16.2. The standard InChI is InChI=1S/C17H14N4O3/c22-15-12-20(19-16(23)14-9-5-2-6-10-14)17(24)21(15)18-11-13-7-3-1-4-8-13/h1-11H,12H2,(H,19,23)/b18-11+. The first-order valence-electron chi connectivity index (χ1n) is 7.24. The van der Waals surface area contributed by atoms with Crippen LogP contribution in [0.15, 0.2) is 65.8 Å². The molecule has 7 nitrogen and oxygen atoms in total. The summed E-state index contributed by atoms with van der Waals surface area (Å²) in [6, 6.07) is 16.8. The van der Waals surface area contributed by atoms with E-state index in [0.717, 1.165) is 15.6 Å². The summed E-state index contributed by atoms with van der Waals surface area (Å²) in [6.07, 6.45) is 1.41. The van der Waals surface area contributed by atoms with Crippen molar-refractivity contribution < 1.29 is 14.4 Å². The third kappa shape index (κ3) is 3.30. The summed E-state index contributed by atoms with van der Waals surface area (Å²) >= 11 is 0. The van der Waals surface area contributed by atoms with Gasteiger partial charge in [-0.1, -0.05) is 48.5 Å². The van der Waals surface area contributed by atoms with Gasteiger partial charge in [-0.05, 0) is 17.7 Å². The molecule has 0 bridgehead atoms. The molecule has 2 aromatic carbocycles. The van der Waals surface area contributed by atoms with Crippen LogP contribution in [0.25, 0.3) is 0 Å². The average Bonchev–Trinajstić information content (AvgIpc) is 2.88.